The zero-order valence-corrected chi connectivity index (χ0v) is 10.9. The smallest absolute Gasteiger partial charge is 0.0462 e. The summed E-state index contributed by atoms with van der Waals surface area (Å²) in [6.45, 7) is 8.58. The van der Waals surface area contributed by atoms with Crippen molar-refractivity contribution in [3.63, 3.8) is 0 Å². The molecule has 0 amide bonds. The van der Waals surface area contributed by atoms with Crippen molar-refractivity contribution in [2.75, 3.05) is 13.2 Å². The molecule has 0 saturated carbocycles. The third kappa shape index (κ3) is 7.89. The molecule has 0 heterocycles. The number of aliphatic hydroxyl groups excluding tert-OH is 2. The lowest BCUT2D eigenvalue weighted by molar-refractivity contribution is 0.154. The number of rotatable bonds is 10. The van der Waals surface area contributed by atoms with Gasteiger partial charge in [0.25, 0.3) is 0 Å². The lowest BCUT2D eigenvalue weighted by atomic mass is 9.89. The van der Waals surface area contributed by atoms with Crippen LogP contribution in [0.4, 0.5) is 0 Å². The summed E-state index contributed by atoms with van der Waals surface area (Å²) in [5, 5.41) is 18.5. The largest absolute Gasteiger partial charge is 0.396 e. The highest BCUT2D eigenvalue weighted by molar-refractivity contribution is 4.75. The Labute approximate surface area is 100 Å². The van der Waals surface area contributed by atoms with Crippen molar-refractivity contribution in [1.82, 2.24) is 0 Å². The van der Waals surface area contributed by atoms with Crippen LogP contribution in [-0.2, 0) is 0 Å². The van der Waals surface area contributed by atoms with Gasteiger partial charge in [0.2, 0.25) is 0 Å². The van der Waals surface area contributed by atoms with E-state index in [1.54, 1.807) is 0 Å². The zero-order chi connectivity index (χ0) is 12.4. The fourth-order valence-corrected chi connectivity index (χ4v) is 2.05. The van der Waals surface area contributed by atoms with Crippen molar-refractivity contribution in [2.45, 2.75) is 46.0 Å². The van der Waals surface area contributed by atoms with Gasteiger partial charge in [-0.25, -0.2) is 0 Å². The number of hydrogen-bond acceptors (Lipinski definition) is 2. The summed E-state index contributed by atoms with van der Waals surface area (Å²) >= 11 is 0. The van der Waals surface area contributed by atoms with Crippen LogP contribution in [0.3, 0.4) is 0 Å². The van der Waals surface area contributed by atoms with Crippen LogP contribution < -0.4 is 0 Å². The zero-order valence-electron chi connectivity index (χ0n) is 10.9. The minimum absolute atomic E-state index is 0.201. The molecule has 0 fully saturated rings. The Morgan fingerprint density at radius 2 is 1.69 bits per heavy atom. The summed E-state index contributed by atoms with van der Waals surface area (Å²) in [5.74, 6) is 1.35. The molecule has 0 bridgehead atoms. The molecule has 0 aliphatic rings. The van der Waals surface area contributed by atoms with E-state index in [1.807, 2.05) is 6.08 Å². The van der Waals surface area contributed by atoms with Crippen LogP contribution in [0.5, 0.6) is 0 Å². The van der Waals surface area contributed by atoms with Gasteiger partial charge in [0.15, 0.2) is 0 Å². The first-order chi connectivity index (χ1) is 7.63. The Balaban J connectivity index is 3.83. The molecule has 0 aliphatic carbocycles. The third-order valence-corrected chi connectivity index (χ3v) is 3.08. The number of hydrogen-bond donors (Lipinski definition) is 2. The Kier molecular flexibility index (Phi) is 9.65. The topological polar surface area (TPSA) is 40.5 Å². The van der Waals surface area contributed by atoms with Crippen LogP contribution in [0.25, 0.3) is 0 Å². The Hall–Kier alpha value is -0.340. The molecule has 0 saturated heterocycles. The van der Waals surface area contributed by atoms with Crippen molar-refractivity contribution in [2.24, 2.45) is 17.8 Å². The Morgan fingerprint density at radius 3 is 2.12 bits per heavy atom. The molecule has 2 heteroatoms. The van der Waals surface area contributed by atoms with E-state index in [0.29, 0.717) is 5.92 Å². The van der Waals surface area contributed by atoms with E-state index < -0.39 is 0 Å². The lowest BCUT2D eigenvalue weighted by Gasteiger charge is -2.20. The summed E-state index contributed by atoms with van der Waals surface area (Å²) in [5.41, 5.74) is 0. The summed E-state index contributed by atoms with van der Waals surface area (Å²) in [7, 11) is 0. The van der Waals surface area contributed by atoms with E-state index in [0.717, 1.165) is 25.2 Å². The van der Waals surface area contributed by atoms with E-state index in [9.17, 15) is 10.2 Å². The van der Waals surface area contributed by atoms with Gasteiger partial charge in [-0.2, -0.15) is 0 Å². The van der Waals surface area contributed by atoms with Crippen molar-refractivity contribution in [1.29, 1.82) is 0 Å². The maximum Gasteiger partial charge on any atom is 0.0462 e. The van der Waals surface area contributed by atoms with Gasteiger partial charge >= 0.3 is 0 Å². The Morgan fingerprint density at radius 1 is 1.06 bits per heavy atom. The molecular formula is C14H28O2. The maximum absolute atomic E-state index is 9.30. The van der Waals surface area contributed by atoms with Gasteiger partial charge in [0.05, 0.1) is 0 Å². The summed E-state index contributed by atoms with van der Waals surface area (Å²) < 4.78 is 0. The minimum atomic E-state index is 0.201. The van der Waals surface area contributed by atoms with Crippen LogP contribution in [0.1, 0.15) is 46.0 Å². The normalized spacial score (nSPS) is 15.1. The van der Waals surface area contributed by atoms with Gasteiger partial charge in [-0.15, -0.1) is 6.58 Å². The third-order valence-electron chi connectivity index (χ3n) is 3.08. The first kappa shape index (κ1) is 15.7. The van der Waals surface area contributed by atoms with Crippen molar-refractivity contribution < 1.29 is 10.2 Å². The Bertz CT molecular complexity index is 166. The van der Waals surface area contributed by atoms with E-state index in [4.69, 9.17) is 0 Å². The van der Waals surface area contributed by atoms with E-state index in [2.05, 4.69) is 20.4 Å². The molecular weight excluding hydrogens is 200 g/mol. The maximum atomic E-state index is 9.30. The van der Waals surface area contributed by atoms with E-state index >= 15 is 0 Å². The van der Waals surface area contributed by atoms with Gasteiger partial charge in [-0.1, -0.05) is 32.8 Å². The molecule has 16 heavy (non-hydrogen) atoms. The van der Waals surface area contributed by atoms with Gasteiger partial charge in [-0.05, 0) is 37.0 Å². The average Bonchev–Trinajstić information content (AvgIpc) is 2.26. The van der Waals surface area contributed by atoms with Crippen LogP contribution in [0, 0.1) is 17.8 Å². The predicted molar refractivity (Wildman–Crippen MR) is 69.3 cm³/mol. The second kappa shape index (κ2) is 9.86. The van der Waals surface area contributed by atoms with E-state index in [-0.39, 0.29) is 19.1 Å². The second-order valence-electron chi connectivity index (χ2n) is 5.18. The van der Waals surface area contributed by atoms with Crippen LogP contribution in [0.15, 0.2) is 12.7 Å². The molecule has 0 aliphatic heterocycles. The van der Waals surface area contributed by atoms with Gasteiger partial charge in [0, 0.05) is 13.2 Å². The van der Waals surface area contributed by atoms with E-state index in [1.165, 1.54) is 12.8 Å². The monoisotopic (exact) mass is 228 g/mol. The highest BCUT2D eigenvalue weighted by Crippen LogP contribution is 2.21. The fraction of sp³-hybridized carbons (Fsp3) is 0.857. The quantitative estimate of drug-likeness (QED) is 0.564. The van der Waals surface area contributed by atoms with Crippen molar-refractivity contribution >= 4 is 0 Å². The molecule has 0 aromatic rings. The molecule has 2 atom stereocenters. The average molecular weight is 228 g/mol. The molecule has 0 aromatic carbocycles. The summed E-state index contributed by atoms with van der Waals surface area (Å²) in [4.78, 5) is 0. The molecule has 2 N–H and O–H groups in total. The highest BCUT2D eigenvalue weighted by Gasteiger charge is 2.14. The molecule has 0 unspecified atom stereocenters. The number of aliphatic hydroxyl groups is 2. The van der Waals surface area contributed by atoms with Gasteiger partial charge in [0.1, 0.15) is 0 Å². The molecule has 0 rings (SSSR count). The molecule has 0 spiro atoms. The molecule has 2 nitrogen and oxygen atoms in total. The second-order valence-corrected chi connectivity index (χ2v) is 5.18. The summed E-state index contributed by atoms with van der Waals surface area (Å²) in [6.07, 6.45) is 7.08. The number of allylic oxidation sites excluding steroid dienone is 1. The van der Waals surface area contributed by atoms with Gasteiger partial charge in [-0.3, -0.25) is 0 Å². The molecule has 96 valence electrons. The summed E-state index contributed by atoms with van der Waals surface area (Å²) in [6, 6.07) is 0. The van der Waals surface area contributed by atoms with Crippen LogP contribution in [0.2, 0.25) is 0 Å². The van der Waals surface area contributed by atoms with Crippen LogP contribution in [-0.4, -0.2) is 23.4 Å². The SMILES string of the molecule is C=CC[C@H](CO)C[C@@H](CO)CCCC(C)C. The van der Waals surface area contributed by atoms with Crippen molar-refractivity contribution in [3.8, 4) is 0 Å². The van der Waals surface area contributed by atoms with Crippen LogP contribution >= 0.6 is 0 Å². The van der Waals surface area contributed by atoms with Crippen molar-refractivity contribution in [3.05, 3.63) is 12.7 Å². The molecule has 0 aromatic heterocycles. The standard InChI is InChI=1S/C14H28O2/c1-4-6-13(10-15)9-14(11-16)8-5-7-12(2)3/h4,12-16H,1,5-11H2,2-3H3/t13-,14-/m0/s1. The fourth-order valence-electron chi connectivity index (χ4n) is 2.05. The molecule has 0 radical (unpaired) electrons. The van der Waals surface area contributed by atoms with Gasteiger partial charge < -0.3 is 10.2 Å². The lowest BCUT2D eigenvalue weighted by Crippen LogP contribution is -2.15. The first-order valence-electron chi connectivity index (χ1n) is 6.46. The predicted octanol–water partition coefficient (Wildman–Crippen LogP) is 3.00. The highest BCUT2D eigenvalue weighted by atomic mass is 16.3. The first-order valence-corrected chi connectivity index (χ1v) is 6.46. The minimum Gasteiger partial charge on any atom is -0.396 e.